The van der Waals surface area contributed by atoms with E-state index in [1.807, 2.05) is 6.92 Å². The van der Waals surface area contributed by atoms with Crippen molar-refractivity contribution in [3.63, 3.8) is 0 Å². The summed E-state index contributed by atoms with van der Waals surface area (Å²) in [5, 5.41) is 3.01. The summed E-state index contributed by atoms with van der Waals surface area (Å²) in [4.78, 5) is 18.9. The number of aromatic nitrogens is 2. The first kappa shape index (κ1) is 11.2. The first-order valence-corrected chi connectivity index (χ1v) is 4.43. The molecule has 5 nitrogen and oxygen atoms in total. The zero-order valence-electron chi connectivity index (χ0n) is 8.78. The summed E-state index contributed by atoms with van der Waals surface area (Å²) >= 11 is 0. The molecule has 0 saturated heterocycles. The molecule has 0 spiro atoms. The van der Waals surface area contributed by atoms with E-state index in [1.54, 1.807) is 6.07 Å². The third kappa shape index (κ3) is 3.38. The molecule has 0 atom stereocenters. The molecule has 0 aliphatic rings. The maximum absolute atomic E-state index is 11.1. The predicted molar refractivity (Wildman–Crippen MR) is 56.7 cm³/mol. The number of esters is 1. The number of rotatable bonds is 4. The van der Waals surface area contributed by atoms with Crippen molar-refractivity contribution in [3.8, 4) is 0 Å². The van der Waals surface area contributed by atoms with E-state index in [9.17, 15) is 4.79 Å². The lowest BCUT2D eigenvalue weighted by Crippen LogP contribution is -2.10. The molecule has 1 rings (SSSR count). The normalized spacial score (nSPS) is 9.47. The number of hydrogen-bond acceptors (Lipinski definition) is 5. The van der Waals surface area contributed by atoms with Crippen LogP contribution in [0.5, 0.6) is 0 Å². The van der Waals surface area contributed by atoms with E-state index in [1.165, 1.54) is 13.3 Å². The van der Waals surface area contributed by atoms with Gasteiger partial charge in [-0.2, -0.15) is 0 Å². The third-order valence-corrected chi connectivity index (χ3v) is 1.59. The number of methoxy groups -OCH3 is 1. The number of ether oxygens (including phenoxy) is 1. The number of hydrogen-bond donors (Lipinski definition) is 1. The minimum atomic E-state index is -0.547. The van der Waals surface area contributed by atoms with Crippen LogP contribution in [0.4, 0.5) is 5.82 Å². The average Bonchev–Trinajstić information content (AvgIpc) is 2.25. The Morgan fingerprint density at radius 2 is 2.40 bits per heavy atom. The Morgan fingerprint density at radius 3 is 3.00 bits per heavy atom. The first-order chi connectivity index (χ1) is 7.13. The number of carbonyl (C=O) groups is 1. The van der Waals surface area contributed by atoms with Crippen LogP contribution in [-0.2, 0) is 4.74 Å². The molecule has 0 amide bonds. The predicted octanol–water partition coefficient (Wildman–Crippen LogP) is 1.25. The SMILES string of the molecule is C=C(C)CNc1ccnc(C(=O)OC)n1. The van der Waals surface area contributed by atoms with Crippen molar-refractivity contribution in [2.45, 2.75) is 6.92 Å². The van der Waals surface area contributed by atoms with Gasteiger partial charge < -0.3 is 10.1 Å². The highest BCUT2D eigenvalue weighted by atomic mass is 16.5. The molecule has 0 unspecified atom stereocenters. The standard InChI is InChI=1S/C10H13N3O2/c1-7(2)6-12-8-4-5-11-9(13-8)10(14)15-3/h4-5H,1,6H2,2-3H3,(H,11,12,13). The monoisotopic (exact) mass is 207 g/mol. The lowest BCUT2D eigenvalue weighted by molar-refractivity contribution is 0.0587. The topological polar surface area (TPSA) is 64.1 Å². The van der Waals surface area contributed by atoms with Gasteiger partial charge in [-0.3, -0.25) is 0 Å². The molecule has 1 N–H and O–H groups in total. The van der Waals surface area contributed by atoms with Crippen LogP contribution in [-0.4, -0.2) is 29.6 Å². The molecule has 0 fully saturated rings. The van der Waals surface area contributed by atoms with Crippen molar-refractivity contribution in [2.24, 2.45) is 0 Å². The van der Waals surface area contributed by atoms with Crippen LogP contribution in [0.2, 0.25) is 0 Å². The lowest BCUT2D eigenvalue weighted by Gasteiger charge is -2.05. The Balaban J connectivity index is 2.74. The minimum Gasteiger partial charge on any atom is -0.463 e. The Kier molecular flexibility index (Phi) is 3.79. The molecule has 1 aromatic heterocycles. The fraction of sp³-hybridized carbons (Fsp3) is 0.300. The number of nitrogens with zero attached hydrogens (tertiary/aromatic N) is 2. The van der Waals surface area contributed by atoms with E-state index >= 15 is 0 Å². The molecule has 80 valence electrons. The van der Waals surface area contributed by atoms with Crippen LogP contribution in [0.1, 0.15) is 17.5 Å². The lowest BCUT2D eigenvalue weighted by atomic mass is 10.3. The van der Waals surface area contributed by atoms with Gasteiger partial charge >= 0.3 is 5.97 Å². The van der Waals surface area contributed by atoms with Crippen molar-refractivity contribution in [1.29, 1.82) is 0 Å². The molecule has 0 radical (unpaired) electrons. The summed E-state index contributed by atoms with van der Waals surface area (Å²) in [6, 6.07) is 1.68. The number of anilines is 1. The van der Waals surface area contributed by atoms with Crippen LogP contribution < -0.4 is 5.32 Å². The fourth-order valence-corrected chi connectivity index (χ4v) is 0.888. The van der Waals surface area contributed by atoms with Gasteiger partial charge in [-0.05, 0) is 13.0 Å². The zero-order chi connectivity index (χ0) is 11.3. The second-order valence-corrected chi connectivity index (χ2v) is 3.07. The van der Waals surface area contributed by atoms with E-state index in [0.29, 0.717) is 12.4 Å². The number of carbonyl (C=O) groups excluding carboxylic acids is 1. The molecule has 0 aliphatic carbocycles. The maximum Gasteiger partial charge on any atom is 0.376 e. The largest absolute Gasteiger partial charge is 0.463 e. The summed E-state index contributed by atoms with van der Waals surface area (Å²) in [5.41, 5.74) is 0.980. The van der Waals surface area contributed by atoms with E-state index < -0.39 is 5.97 Å². The van der Waals surface area contributed by atoms with Gasteiger partial charge in [-0.15, -0.1) is 0 Å². The van der Waals surface area contributed by atoms with Gasteiger partial charge in [0.1, 0.15) is 5.82 Å². The van der Waals surface area contributed by atoms with Crippen LogP contribution in [0.25, 0.3) is 0 Å². The van der Waals surface area contributed by atoms with Gasteiger partial charge in [0.2, 0.25) is 5.82 Å². The van der Waals surface area contributed by atoms with Gasteiger partial charge in [-0.1, -0.05) is 12.2 Å². The van der Waals surface area contributed by atoms with Crippen LogP contribution in [0.15, 0.2) is 24.4 Å². The highest BCUT2D eigenvalue weighted by molar-refractivity contribution is 5.85. The van der Waals surface area contributed by atoms with Crippen molar-refractivity contribution in [3.05, 3.63) is 30.2 Å². The Hall–Kier alpha value is -1.91. The smallest absolute Gasteiger partial charge is 0.376 e. The molecular weight excluding hydrogens is 194 g/mol. The van der Waals surface area contributed by atoms with Crippen molar-refractivity contribution in [1.82, 2.24) is 9.97 Å². The summed E-state index contributed by atoms with van der Waals surface area (Å²) in [6.07, 6.45) is 1.50. The molecular formula is C10H13N3O2. The minimum absolute atomic E-state index is 0.0456. The van der Waals surface area contributed by atoms with Gasteiger partial charge in [0.05, 0.1) is 7.11 Å². The molecule has 1 aromatic rings. The van der Waals surface area contributed by atoms with Crippen LogP contribution in [0.3, 0.4) is 0 Å². The first-order valence-electron chi connectivity index (χ1n) is 4.43. The highest BCUT2D eigenvalue weighted by Crippen LogP contribution is 2.03. The third-order valence-electron chi connectivity index (χ3n) is 1.59. The fourth-order valence-electron chi connectivity index (χ4n) is 0.888. The number of nitrogens with one attached hydrogen (secondary N) is 1. The molecule has 0 bridgehead atoms. The summed E-state index contributed by atoms with van der Waals surface area (Å²) in [6.45, 7) is 6.25. The van der Waals surface area contributed by atoms with Crippen LogP contribution >= 0.6 is 0 Å². The van der Waals surface area contributed by atoms with Gasteiger partial charge in [-0.25, -0.2) is 14.8 Å². The van der Waals surface area contributed by atoms with Crippen molar-refractivity contribution >= 4 is 11.8 Å². The van der Waals surface area contributed by atoms with Crippen molar-refractivity contribution in [2.75, 3.05) is 19.0 Å². The molecule has 15 heavy (non-hydrogen) atoms. The Morgan fingerprint density at radius 1 is 1.67 bits per heavy atom. The summed E-state index contributed by atoms with van der Waals surface area (Å²) in [7, 11) is 1.29. The van der Waals surface area contributed by atoms with Crippen molar-refractivity contribution < 1.29 is 9.53 Å². The van der Waals surface area contributed by atoms with Crippen LogP contribution in [0, 0.1) is 0 Å². The molecule has 5 heteroatoms. The van der Waals surface area contributed by atoms with Gasteiger partial charge in [0.25, 0.3) is 0 Å². The van der Waals surface area contributed by atoms with E-state index in [0.717, 1.165) is 5.57 Å². The Bertz CT molecular complexity index is 377. The molecule has 0 saturated carbocycles. The second kappa shape index (κ2) is 5.09. The quantitative estimate of drug-likeness (QED) is 0.594. The molecule has 0 aromatic carbocycles. The Labute approximate surface area is 88.2 Å². The van der Waals surface area contributed by atoms with Gasteiger partial charge in [0.15, 0.2) is 0 Å². The van der Waals surface area contributed by atoms with Gasteiger partial charge in [0, 0.05) is 12.7 Å². The zero-order valence-corrected chi connectivity index (χ0v) is 8.78. The highest BCUT2D eigenvalue weighted by Gasteiger charge is 2.08. The maximum atomic E-state index is 11.1. The van der Waals surface area contributed by atoms with E-state index in [2.05, 4.69) is 26.6 Å². The molecule has 1 heterocycles. The van der Waals surface area contributed by atoms with E-state index in [4.69, 9.17) is 0 Å². The van der Waals surface area contributed by atoms with E-state index in [-0.39, 0.29) is 5.82 Å². The average molecular weight is 207 g/mol. The molecule has 0 aliphatic heterocycles. The second-order valence-electron chi connectivity index (χ2n) is 3.07. The summed E-state index contributed by atoms with van der Waals surface area (Å²) in [5.74, 6) is 0.0755. The summed E-state index contributed by atoms with van der Waals surface area (Å²) < 4.78 is 4.51.